The SMILES string of the molecule is COC(=O)c1ccc(C(=O)NC2CCCC(C)C2C)cc1. The van der Waals surface area contributed by atoms with Gasteiger partial charge >= 0.3 is 5.97 Å². The van der Waals surface area contributed by atoms with Gasteiger partial charge in [-0.1, -0.05) is 26.7 Å². The average Bonchev–Trinajstić information content (AvgIpc) is 2.51. The Balaban J connectivity index is 2.01. The normalized spacial score (nSPS) is 25.2. The minimum atomic E-state index is -0.392. The second-order valence-corrected chi connectivity index (χ2v) is 5.92. The van der Waals surface area contributed by atoms with Crippen molar-refractivity contribution in [3.63, 3.8) is 0 Å². The highest BCUT2D eigenvalue weighted by Gasteiger charge is 2.28. The zero-order chi connectivity index (χ0) is 15.4. The quantitative estimate of drug-likeness (QED) is 0.870. The minimum Gasteiger partial charge on any atom is -0.465 e. The Morgan fingerprint density at radius 3 is 2.33 bits per heavy atom. The number of amides is 1. The highest BCUT2D eigenvalue weighted by molar-refractivity contribution is 5.96. The maximum atomic E-state index is 12.3. The van der Waals surface area contributed by atoms with E-state index in [1.165, 1.54) is 13.5 Å². The highest BCUT2D eigenvalue weighted by Crippen LogP contribution is 2.29. The van der Waals surface area contributed by atoms with Crippen molar-refractivity contribution >= 4 is 11.9 Å². The Kier molecular flexibility index (Phi) is 4.99. The summed E-state index contributed by atoms with van der Waals surface area (Å²) in [6, 6.07) is 6.81. The second-order valence-electron chi connectivity index (χ2n) is 5.92. The maximum absolute atomic E-state index is 12.3. The van der Waals surface area contributed by atoms with Crippen LogP contribution in [0.2, 0.25) is 0 Å². The number of nitrogens with one attached hydrogen (secondary N) is 1. The van der Waals surface area contributed by atoms with Crippen LogP contribution in [0, 0.1) is 11.8 Å². The summed E-state index contributed by atoms with van der Waals surface area (Å²) < 4.78 is 4.64. The van der Waals surface area contributed by atoms with E-state index in [1.54, 1.807) is 24.3 Å². The van der Waals surface area contributed by atoms with Gasteiger partial charge in [0.1, 0.15) is 0 Å². The van der Waals surface area contributed by atoms with E-state index in [4.69, 9.17) is 0 Å². The lowest BCUT2D eigenvalue weighted by atomic mass is 9.78. The van der Waals surface area contributed by atoms with Crippen LogP contribution in [0.4, 0.5) is 0 Å². The van der Waals surface area contributed by atoms with E-state index in [2.05, 4.69) is 23.9 Å². The topological polar surface area (TPSA) is 55.4 Å². The van der Waals surface area contributed by atoms with Gasteiger partial charge in [-0.3, -0.25) is 4.79 Å². The molecule has 4 heteroatoms. The first-order valence-electron chi connectivity index (χ1n) is 7.52. The van der Waals surface area contributed by atoms with Crippen LogP contribution in [0.5, 0.6) is 0 Å². The van der Waals surface area contributed by atoms with Gasteiger partial charge in [-0.15, -0.1) is 0 Å². The molecule has 0 spiro atoms. The van der Waals surface area contributed by atoms with E-state index in [9.17, 15) is 9.59 Å². The van der Waals surface area contributed by atoms with Crippen LogP contribution >= 0.6 is 0 Å². The number of hydrogen-bond acceptors (Lipinski definition) is 3. The van der Waals surface area contributed by atoms with Gasteiger partial charge < -0.3 is 10.1 Å². The zero-order valence-electron chi connectivity index (χ0n) is 12.9. The van der Waals surface area contributed by atoms with Crippen LogP contribution < -0.4 is 5.32 Å². The van der Waals surface area contributed by atoms with Gasteiger partial charge in [0.25, 0.3) is 5.91 Å². The molecule has 1 amide bonds. The molecule has 1 aliphatic rings. The summed E-state index contributed by atoms with van der Waals surface area (Å²) in [5, 5.41) is 3.12. The molecule has 0 radical (unpaired) electrons. The van der Waals surface area contributed by atoms with Crippen molar-refractivity contribution in [3.8, 4) is 0 Å². The van der Waals surface area contributed by atoms with Gasteiger partial charge in [-0.05, 0) is 42.5 Å². The molecule has 0 bridgehead atoms. The predicted molar refractivity (Wildman–Crippen MR) is 81.2 cm³/mol. The van der Waals surface area contributed by atoms with Crippen LogP contribution in [0.15, 0.2) is 24.3 Å². The van der Waals surface area contributed by atoms with Crippen molar-refractivity contribution in [3.05, 3.63) is 35.4 Å². The minimum absolute atomic E-state index is 0.0719. The molecule has 1 saturated carbocycles. The smallest absolute Gasteiger partial charge is 0.337 e. The third-order valence-corrected chi connectivity index (χ3v) is 4.59. The van der Waals surface area contributed by atoms with E-state index in [1.807, 2.05) is 0 Å². The maximum Gasteiger partial charge on any atom is 0.337 e. The molecule has 0 aliphatic heterocycles. The number of ether oxygens (including phenoxy) is 1. The number of methoxy groups -OCH3 is 1. The van der Waals surface area contributed by atoms with Crippen molar-refractivity contribution in [2.24, 2.45) is 11.8 Å². The lowest BCUT2D eigenvalue weighted by Crippen LogP contribution is -2.43. The molecule has 4 nitrogen and oxygen atoms in total. The lowest BCUT2D eigenvalue weighted by Gasteiger charge is -2.34. The fourth-order valence-corrected chi connectivity index (χ4v) is 2.91. The van der Waals surface area contributed by atoms with Gasteiger partial charge in [-0.25, -0.2) is 4.79 Å². The molecule has 1 aliphatic carbocycles. The first-order chi connectivity index (χ1) is 10.0. The molecular weight excluding hydrogens is 266 g/mol. The lowest BCUT2D eigenvalue weighted by molar-refractivity contribution is 0.0600. The second kappa shape index (κ2) is 6.74. The standard InChI is InChI=1S/C17H23NO3/c1-11-5-4-6-15(12(11)2)18-16(19)13-7-9-14(10-8-13)17(20)21-3/h7-12,15H,4-6H2,1-3H3,(H,18,19). The number of esters is 1. The molecule has 0 saturated heterocycles. The summed E-state index contributed by atoms with van der Waals surface area (Å²) in [5.41, 5.74) is 1.03. The molecule has 3 unspecified atom stereocenters. The molecule has 1 N–H and O–H groups in total. The average molecular weight is 289 g/mol. The van der Waals surface area contributed by atoms with Crippen LogP contribution in [-0.4, -0.2) is 25.0 Å². The Hall–Kier alpha value is -1.84. The van der Waals surface area contributed by atoms with Crippen molar-refractivity contribution < 1.29 is 14.3 Å². The van der Waals surface area contributed by atoms with Crippen molar-refractivity contribution in [1.82, 2.24) is 5.32 Å². The van der Waals surface area contributed by atoms with Crippen LogP contribution in [0.25, 0.3) is 0 Å². The third-order valence-electron chi connectivity index (χ3n) is 4.59. The van der Waals surface area contributed by atoms with Crippen molar-refractivity contribution in [2.75, 3.05) is 7.11 Å². The van der Waals surface area contributed by atoms with Crippen LogP contribution in [0.1, 0.15) is 53.8 Å². The van der Waals surface area contributed by atoms with Gasteiger partial charge in [-0.2, -0.15) is 0 Å². The van der Waals surface area contributed by atoms with E-state index in [0.717, 1.165) is 12.8 Å². The molecule has 1 aromatic rings. The fraction of sp³-hybridized carbons (Fsp3) is 0.529. The van der Waals surface area contributed by atoms with Gasteiger partial charge in [0, 0.05) is 11.6 Å². The first kappa shape index (κ1) is 15.5. The summed E-state index contributed by atoms with van der Waals surface area (Å²) in [6.07, 6.45) is 3.44. The van der Waals surface area contributed by atoms with Gasteiger partial charge in [0.2, 0.25) is 0 Å². The van der Waals surface area contributed by atoms with E-state index in [-0.39, 0.29) is 11.9 Å². The summed E-state index contributed by atoms with van der Waals surface area (Å²) >= 11 is 0. The number of hydrogen-bond donors (Lipinski definition) is 1. The molecule has 21 heavy (non-hydrogen) atoms. The monoisotopic (exact) mass is 289 g/mol. The van der Waals surface area contributed by atoms with Gasteiger partial charge in [0.05, 0.1) is 12.7 Å². The van der Waals surface area contributed by atoms with E-state index in [0.29, 0.717) is 23.0 Å². The summed E-state index contributed by atoms with van der Waals surface area (Å²) in [7, 11) is 1.34. The van der Waals surface area contributed by atoms with E-state index < -0.39 is 5.97 Å². The van der Waals surface area contributed by atoms with Gasteiger partial charge in [0.15, 0.2) is 0 Å². The van der Waals surface area contributed by atoms with E-state index >= 15 is 0 Å². The summed E-state index contributed by atoms with van der Waals surface area (Å²) in [6.45, 7) is 4.45. The third kappa shape index (κ3) is 3.63. The number of benzene rings is 1. The highest BCUT2D eigenvalue weighted by atomic mass is 16.5. The largest absolute Gasteiger partial charge is 0.465 e. The fourth-order valence-electron chi connectivity index (χ4n) is 2.91. The molecule has 1 aromatic carbocycles. The van der Waals surface area contributed by atoms with Crippen molar-refractivity contribution in [1.29, 1.82) is 0 Å². The summed E-state index contributed by atoms with van der Waals surface area (Å²) in [5.74, 6) is 0.678. The number of carbonyl (C=O) groups excluding carboxylic acids is 2. The number of carbonyl (C=O) groups is 2. The molecular formula is C17H23NO3. The summed E-state index contributed by atoms with van der Waals surface area (Å²) in [4.78, 5) is 23.7. The zero-order valence-corrected chi connectivity index (χ0v) is 12.9. The molecule has 114 valence electrons. The molecule has 1 fully saturated rings. The molecule has 2 rings (SSSR count). The molecule has 3 atom stereocenters. The first-order valence-corrected chi connectivity index (χ1v) is 7.52. The Morgan fingerprint density at radius 2 is 1.71 bits per heavy atom. The number of rotatable bonds is 3. The Morgan fingerprint density at radius 1 is 1.10 bits per heavy atom. The van der Waals surface area contributed by atoms with Crippen LogP contribution in [-0.2, 0) is 4.74 Å². The van der Waals surface area contributed by atoms with Crippen molar-refractivity contribution in [2.45, 2.75) is 39.2 Å². The molecule has 0 heterocycles. The molecule has 0 aromatic heterocycles. The Bertz CT molecular complexity index is 509. The predicted octanol–water partition coefficient (Wildman–Crippen LogP) is 3.03. The Labute approximate surface area is 125 Å². The van der Waals surface area contributed by atoms with Crippen LogP contribution in [0.3, 0.4) is 0 Å².